The summed E-state index contributed by atoms with van der Waals surface area (Å²) in [7, 11) is -3.77. The number of amidine groups is 1. The number of rotatable bonds is 2. The number of hydrogen-bond donors (Lipinski definition) is 0. The second-order valence-electron chi connectivity index (χ2n) is 7.68. The number of carbonyl (C=O) groups is 1. The van der Waals surface area contributed by atoms with Crippen LogP contribution < -0.4 is 0 Å². The van der Waals surface area contributed by atoms with Crippen LogP contribution in [-0.2, 0) is 10.0 Å². The molecular formula is C21H22N4O3S. The zero-order valence-corrected chi connectivity index (χ0v) is 17.0. The van der Waals surface area contributed by atoms with Crippen molar-refractivity contribution in [3.05, 3.63) is 65.2 Å². The lowest BCUT2D eigenvalue weighted by molar-refractivity contribution is 0.00557. The van der Waals surface area contributed by atoms with Gasteiger partial charge >= 0.3 is 0 Å². The largest absolute Gasteiger partial charge is 0.277 e. The van der Waals surface area contributed by atoms with Crippen LogP contribution in [0.2, 0.25) is 0 Å². The molecule has 3 aliphatic heterocycles. The number of hydrogen-bond acceptors (Lipinski definition) is 5. The van der Waals surface area contributed by atoms with Gasteiger partial charge in [0.15, 0.2) is 12.1 Å². The number of carbonyl (C=O) groups excluding carboxylic acids is 1. The van der Waals surface area contributed by atoms with E-state index in [0.717, 1.165) is 37.9 Å². The van der Waals surface area contributed by atoms with Crippen molar-refractivity contribution < 1.29 is 13.2 Å². The van der Waals surface area contributed by atoms with Crippen LogP contribution in [0.5, 0.6) is 0 Å². The average Bonchev–Trinajstić information content (AvgIpc) is 3.24. The van der Waals surface area contributed by atoms with Gasteiger partial charge in [0.2, 0.25) is 0 Å². The molecule has 0 N–H and O–H groups in total. The summed E-state index contributed by atoms with van der Waals surface area (Å²) in [4.78, 5) is 15.6. The smallest absolute Gasteiger partial charge is 0.267 e. The van der Waals surface area contributed by atoms with E-state index in [1.165, 1.54) is 9.31 Å². The van der Waals surface area contributed by atoms with Crippen LogP contribution in [0, 0.1) is 6.92 Å². The van der Waals surface area contributed by atoms with Gasteiger partial charge in [-0.25, -0.2) is 12.7 Å². The van der Waals surface area contributed by atoms with E-state index in [1.54, 1.807) is 36.4 Å². The Morgan fingerprint density at radius 3 is 2.41 bits per heavy atom. The molecule has 0 aliphatic carbocycles. The standard InChI is InChI=1S/C21H22N4O3S/c1-15-9-11-16(12-10-15)20(26)24-21(23-13-5-2-6-14-23)25-19(22-24)17-7-3-4-8-18(17)29(25,27)28/h3-4,7-12,21H,2,5-6,13-14H2,1H3. The molecule has 3 heterocycles. The van der Waals surface area contributed by atoms with Crippen LogP contribution in [0.15, 0.2) is 58.5 Å². The number of amides is 1. The third kappa shape index (κ3) is 2.78. The Labute approximate surface area is 170 Å². The maximum Gasteiger partial charge on any atom is 0.277 e. The van der Waals surface area contributed by atoms with Crippen molar-refractivity contribution in [3.8, 4) is 0 Å². The van der Waals surface area contributed by atoms with Crippen LogP contribution in [0.25, 0.3) is 0 Å². The monoisotopic (exact) mass is 410 g/mol. The molecule has 1 saturated heterocycles. The Morgan fingerprint density at radius 2 is 1.69 bits per heavy atom. The van der Waals surface area contributed by atoms with Crippen LogP contribution in [0.1, 0.15) is 40.7 Å². The fraction of sp³-hybridized carbons (Fsp3) is 0.333. The van der Waals surface area contributed by atoms with E-state index in [2.05, 4.69) is 10.0 Å². The number of benzene rings is 2. The van der Waals surface area contributed by atoms with Crippen molar-refractivity contribution in [1.29, 1.82) is 0 Å². The average molecular weight is 410 g/mol. The number of hydrazone groups is 1. The van der Waals surface area contributed by atoms with Gasteiger partial charge in [0.1, 0.15) is 0 Å². The third-order valence-corrected chi connectivity index (χ3v) is 7.52. The lowest BCUT2D eigenvalue weighted by atomic mass is 10.1. The van der Waals surface area contributed by atoms with Crippen LogP contribution >= 0.6 is 0 Å². The van der Waals surface area contributed by atoms with Gasteiger partial charge in [-0.05, 0) is 44.0 Å². The molecule has 0 spiro atoms. The summed E-state index contributed by atoms with van der Waals surface area (Å²) < 4.78 is 28.0. The molecule has 1 atom stereocenters. The molecule has 3 aliphatic rings. The molecule has 1 unspecified atom stereocenters. The molecule has 2 aromatic carbocycles. The highest BCUT2D eigenvalue weighted by molar-refractivity contribution is 7.90. The van der Waals surface area contributed by atoms with E-state index in [0.29, 0.717) is 17.0 Å². The van der Waals surface area contributed by atoms with E-state index in [-0.39, 0.29) is 10.8 Å². The summed E-state index contributed by atoms with van der Waals surface area (Å²) in [6.45, 7) is 3.42. The minimum Gasteiger partial charge on any atom is -0.267 e. The number of sulfonamides is 1. The fourth-order valence-electron chi connectivity index (χ4n) is 4.23. The van der Waals surface area contributed by atoms with Gasteiger partial charge < -0.3 is 0 Å². The van der Waals surface area contributed by atoms with E-state index in [9.17, 15) is 13.2 Å². The second-order valence-corrected chi connectivity index (χ2v) is 9.46. The number of fused-ring (bicyclic) bond motifs is 3. The molecule has 0 aromatic heterocycles. The molecule has 150 valence electrons. The minimum absolute atomic E-state index is 0.253. The summed E-state index contributed by atoms with van der Waals surface area (Å²) in [5.41, 5.74) is 2.10. The molecule has 0 saturated carbocycles. The zero-order valence-electron chi connectivity index (χ0n) is 16.2. The molecule has 1 amide bonds. The summed E-state index contributed by atoms with van der Waals surface area (Å²) in [5, 5.41) is 5.89. The predicted molar refractivity (Wildman–Crippen MR) is 109 cm³/mol. The van der Waals surface area contributed by atoms with Gasteiger partial charge in [0, 0.05) is 24.2 Å². The first-order chi connectivity index (χ1) is 14.0. The van der Waals surface area contributed by atoms with Crippen molar-refractivity contribution in [1.82, 2.24) is 14.2 Å². The van der Waals surface area contributed by atoms with E-state index in [4.69, 9.17) is 0 Å². The number of nitrogens with zero attached hydrogens (tertiary/aromatic N) is 4. The Balaban J connectivity index is 1.62. The zero-order chi connectivity index (χ0) is 20.2. The molecule has 29 heavy (non-hydrogen) atoms. The Morgan fingerprint density at radius 1 is 1.00 bits per heavy atom. The first kappa shape index (κ1) is 18.3. The highest BCUT2D eigenvalue weighted by atomic mass is 32.2. The molecule has 2 aromatic rings. The van der Waals surface area contributed by atoms with Crippen molar-refractivity contribution in [3.63, 3.8) is 0 Å². The van der Waals surface area contributed by atoms with Crippen LogP contribution in [-0.4, -0.2) is 53.8 Å². The summed E-state index contributed by atoms with van der Waals surface area (Å²) in [6.07, 6.45) is 2.28. The predicted octanol–water partition coefficient (Wildman–Crippen LogP) is 2.59. The van der Waals surface area contributed by atoms with Gasteiger partial charge in [-0.15, -0.1) is 5.10 Å². The quantitative estimate of drug-likeness (QED) is 0.763. The SMILES string of the molecule is Cc1ccc(C(=O)N2N=C3c4ccccc4S(=O)(=O)N3C2N2CCCCC2)cc1. The molecule has 5 rings (SSSR count). The molecule has 0 radical (unpaired) electrons. The van der Waals surface area contributed by atoms with Crippen LogP contribution in [0.4, 0.5) is 0 Å². The first-order valence-electron chi connectivity index (χ1n) is 9.85. The highest BCUT2D eigenvalue weighted by Crippen LogP contribution is 2.39. The van der Waals surface area contributed by atoms with E-state index < -0.39 is 16.3 Å². The van der Waals surface area contributed by atoms with E-state index >= 15 is 0 Å². The van der Waals surface area contributed by atoms with Gasteiger partial charge in [-0.2, -0.15) is 5.01 Å². The Kier molecular flexibility index (Phi) is 4.22. The van der Waals surface area contributed by atoms with Gasteiger partial charge in [0.05, 0.1) is 4.90 Å². The van der Waals surface area contributed by atoms with Gasteiger partial charge in [-0.3, -0.25) is 9.69 Å². The Bertz CT molecular complexity index is 1110. The van der Waals surface area contributed by atoms with Crippen molar-refractivity contribution in [2.24, 2.45) is 5.10 Å². The fourth-order valence-corrected chi connectivity index (χ4v) is 5.96. The molecular weight excluding hydrogens is 388 g/mol. The minimum atomic E-state index is -3.77. The topological polar surface area (TPSA) is 73.3 Å². The molecule has 0 bridgehead atoms. The summed E-state index contributed by atoms with van der Waals surface area (Å²) >= 11 is 0. The van der Waals surface area contributed by atoms with Gasteiger partial charge in [0.25, 0.3) is 15.9 Å². The summed E-state index contributed by atoms with van der Waals surface area (Å²) in [6, 6.07) is 14.1. The normalized spacial score (nSPS) is 22.9. The van der Waals surface area contributed by atoms with Crippen molar-refractivity contribution in [2.75, 3.05) is 13.1 Å². The lowest BCUT2D eigenvalue weighted by Crippen LogP contribution is -2.56. The number of aryl methyl sites for hydroxylation is 1. The van der Waals surface area contributed by atoms with Crippen LogP contribution in [0.3, 0.4) is 0 Å². The maximum atomic E-state index is 13.3. The Hall–Kier alpha value is -2.71. The van der Waals surface area contributed by atoms with Crippen molar-refractivity contribution in [2.45, 2.75) is 37.4 Å². The summed E-state index contributed by atoms with van der Waals surface area (Å²) in [5.74, 6) is 0.0341. The lowest BCUT2D eigenvalue weighted by Gasteiger charge is -2.38. The highest BCUT2D eigenvalue weighted by Gasteiger charge is 2.53. The second kappa shape index (κ2) is 6.67. The number of likely N-dealkylation sites (tertiary alicyclic amines) is 1. The molecule has 1 fully saturated rings. The number of piperidine rings is 1. The maximum absolute atomic E-state index is 13.3. The van der Waals surface area contributed by atoms with Gasteiger partial charge in [-0.1, -0.05) is 36.2 Å². The molecule has 7 nitrogen and oxygen atoms in total. The first-order valence-corrected chi connectivity index (χ1v) is 11.3. The molecule has 8 heteroatoms. The van der Waals surface area contributed by atoms with Crippen molar-refractivity contribution >= 4 is 21.8 Å². The third-order valence-electron chi connectivity index (χ3n) is 5.73. The van der Waals surface area contributed by atoms with E-state index in [1.807, 2.05) is 19.1 Å².